The molecule has 1 saturated carbocycles. The van der Waals surface area contributed by atoms with Gasteiger partial charge in [0, 0.05) is 18.9 Å². The zero-order chi connectivity index (χ0) is 16.2. The Hall–Kier alpha value is -1.88. The third kappa shape index (κ3) is 3.72. The van der Waals surface area contributed by atoms with Gasteiger partial charge in [0.25, 0.3) is 0 Å². The molecule has 23 heavy (non-hydrogen) atoms. The van der Waals surface area contributed by atoms with Crippen LogP contribution in [0.3, 0.4) is 0 Å². The average molecular weight is 314 g/mol. The van der Waals surface area contributed by atoms with Crippen LogP contribution in [0.2, 0.25) is 0 Å². The fourth-order valence-corrected chi connectivity index (χ4v) is 3.54. The van der Waals surface area contributed by atoms with Crippen LogP contribution >= 0.6 is 0 Å². The molecule has 4 N–H and O–H groups in total. The third-order valence-electron chi connectivity index (χ3n) is 4.91. The van der Waals surface area contributed by atoms with Crippen molar-refractivity contribution in [2.24, 2.45) is 11.7 Å². The second-order valence-electron chi connectivity index (χ2n) is 6.61. The van der Waals surface area contributed by atoms with Gasteiger partial charge >= 0.3 is 0 Å². The van der Waals surface area contributed by atoms with E-state index in [1.54, 1.807) is 0 Å². The number of hydrogen-bond acceptors (Lipinski definition) is 3. The van der Waals surface area contributed by atoms with Crippen LogP contribution in [-0.4, -0.2) is 28.5 Å². The summed E-state index contributed by atoms with van der Waals surface area (Å²) in [5.74, 6) is 1.41. The van der Waals surface area contributed by atoms with Gasteiger partial charge in [-0.2, -0.15) is 0 Å². The van der Waals surface area contributed by atoms with E-state index in [4.69, 9.17) is 5.73 Å². The monoisotopic (exact) mass is 314 g/mol. The summed E-state index contributed by atoms with van der Waals surface area (Å²) in [7, 11) is 0. The molecule has 1 amide bonds. The molecule has 0 saturated heterocycles. The number of amides is 1. The lowest BCUT2D eigenvalue weighted by Gasteiger charge is -2.31. The maximum absolute atomic E-state index is 12.2. The van der Waals surface area contributed by atoms with Crippen molar-refractivity contribution in [3.05, 3.63) is 29.6 Å². The molecule has 2 atom stereocenters. The number of aromatic amines is 1. The van der Waals surface area contributed by atoms with Gasteiger partial charge in [-0.1, -0.05) is 25.0 Å². The van der Waals surface area contributed by atoms with Crippen molar-refractivity contribution in [2.75, 3.05) is 6.54 Å². The molecule has 0 spiro atoms. The van der Waals surface area contributed by atoms with Gasteiger partial charge in [0.15, 0.2) is 0 Å². The lowest BCUT2D eigenvalue weighted by Crippen LogP contribution is -2.44. The molecule has 0 radical (unpaired) electrons. The van der Waals surface area contributed by atoms with Crippen molar-refractivity contribution in [1.29, 1.82) is 0 Å². The third-order valence-corrected chi connectivity index (χ3v) is 4.91. The SMILES string of the molecule is Cc1cccc2[nH]c(CCC(=O)NC3CCCCC3CN)nc12. The van der Waals surface area contributed by atoms with E-state index in [2.05, 4.69) is 28.3 Å². The number of H-pyrrole nitrogens is 1. The van der Waals surface area contributed by atoms with Gasteiger partial charge in [0.2, 0.25) is 5.91 Å². The first-order chi connectivity index (χ1) is 11.2. The number of nitrogens with one attached hydrogen (secondary N) is 2. The van der Waals surface area contributed by atoms with E-state index in [9.17, 15) is 4.79 Å². The van der Waals surface area contributed by atoms with Gasteiger partial charge < -0.3 is 16.0 Å². The maximum atomic E-state index is 12.2. The number of aryl methyl sites for hydroxylation is 2. The Morgan fingerprint density at radius 1 is 1.39 bits per heavy atom. The summed E-state index contributed by atoms with van der Waals surface area (Å²) in [5.41, 5.74) is 9.02. The first-order valence-corrected chi connectivity index (χ1v) is 8.61. The Balaban J connectivity index is 1.56. The molecule has 5 nitrogen and oxygen atoms in total. The van der Waals surface area contributed by atoms with Gasteiger partial charge in [0.05, 0.1) is 11.0 Å². The van der Waals surface area contributed by atoms with Crippen molar-refractivity contribution in [3.63, 3.8) is 0 Å². The number of fused-ring (bicyclic) bond motifs is 1. The highest BCUT2D eigenvalue weighted by Crippen LogP contribution is 2.23. The zero-order valence-corrected chi connectivity index (χ0v) is 13.8. The van der Waals surface area contributed by atoms with E-state index in [0.717, 1.165) is 35.3 Å². The number of nitrogens with two attached hydrogens (primary N) is 1. The Kier molecular flexibility index (Phi) is 4.96. The lowest BCUT2D eigenvalue weighted by molar-refractivity contribution is -0.122. The molecule has 1 heterocycles. The van der Waals surface area contributed by atoms with Crippen LogP contribution in [0.5, 0.6) is 0 Å². The fourth-order valence-electron chi connectivity index (χ4n) is 3.54. The largest absolute Gasteiger partial charge is 0.353 e. The van der Waals surface area contributed by atoms with Gasteiger partial charge in [0.1, 0.15) is 5.82 Å². The number of imidazole rings is 1. The molecule has 0 bridgehead atoms. The average Bonchev–Trinajstić information content (AvgIpc) is 2.98. The topological polar surface area (TPSA) is 83.8 Å². The fraction of sp³-hybridized carbons (Fsp3) is 0.556. The molecule has 2 unspecified atom stereocenters. The molecule has 2 aromatic rings. The number of rotatable bonds is 5. The molecule has 1 aliphatic rings. The van der Waals surface area contributed by atoms with Crippen molar-refractivity contribution in [1.82, 2.24) is 15.3 Å². The Labute approximate surface area is 137 Å². The minimum Gasteiger partial charge on any atom is -0.353 e. The number of carbonyl (C=O) groups is 1. The van der Waals surface area contributed by atoms with E-state index < -0.39 is 0 Å². The van der Waals surface area contributed by atoms with Crippen LogP contribution in [0.15, 0.2) is 18.2 Å². The van der Waals surface area contributed by atoms with Crippen LogP contribution in [0.1, 0.15) is 43.5 Å². The number of nitrogens with zero attached hydrogens (tertiary/aromatic N) is 1. The Morgan fingerprint density at radius 3 is 3.00 bits per heavy atom. The van der Waals surface area contributed by atoms with Crippen LogP contribution in [-0.2, 0) is 11.2 Å². The normalized spacial score (nSPS) is 21.5. The van der Waals surface area contributed by atoms with Crippen molar-refractivity contribution < 1.29 is 4.79 Å². The van der Waals surface area contributed by atoms with Crippen molar-refractivity contribution in [2.45, 2.75) is 51.5 Å². The second-order valence-corrected chi connectivity index (χ2v) is 6.61. The predicted molar refractivity (Wildman–Crippen MR) is 92.1 cm³/mol. The zero-order valence-electron chi connectivity index (χ0n) is 13.8. The quantitative estimate of drug-likeness (QED) is 0.792. The minimum atomic E-state index is 0.104. The molecule has 124 valence electrons. The van der Waals surface area contributed by atoms with Gasteiger partial charge in [-0.3, -0.25) is 4.79 Å². The van der Waals surface area contributed by atoms with E-state index in [1.165, 1.54) is 12.8 Å². The summed E-state index contributed by atoms with van der Waals surface area (Å²) in [5, 5.41) is 3.17. The smallest absolute Gasteiger partial charge is 0.220 e. The molecule has 3 rings (SSSR count). The number of para-hydroxylation sites is 1. The number of benzene rings is 1. The standard InChI is InChI=1S/C18H26N4O/c1-12-5-4-8-15-18(12)22-16(20-15)9-10-17(23)21-14-7-3-2-6-13(14)11-19/h4-5,8,13-14H,2-3,6-7,9-11,19H2,1H3,(H,20,22)(H,21,23). The first kappa shape index (κ1) is 16.0. The van der Waals surface area contributed by atoms with E-state index in [1.807, 2.05) is 12.1 Å². The van der Waals surface area contributed by atoms with Gasteiger partial charge in [-0.25, -0.2) is 4.98 Å². The molecule has 1 aromatic heterocycles. The molecule has 0 aliphatic heterocycles. The first-order valence-electron chi connectivity index (χ1n) is 8.61. The molecular weight excluding hydrogens is 288 g/mol. The van der Waals surface area contributed by atoms with E-state index in [-0.39, 0.29) is 11.9 Å². The minimum absolute atomic E-state index is 0.104. The summed E-state index contributed by atoms with van der Waals surface area (Å²) < 4.78 is 0. The number of aromatic nitrogens is 2. The van der Waals surface area contributed by atoms with Crippen LogP contribution in [0.4, 0.5) is 0 Å². The molecule has 5 heteroatoms. The second kappa shape index (κ2) is 7.13. The van der Waals surface area contributed by atoms with Crippen LogP contribution in [0.25, 0.3) is 11.0 Å². The summed E-state index contributed by atoms with van der Waals surface area (Å²) in [6.07, 6.45) is 5.70. The number of carbonyl (C=O) groups excluding carboxylic acids is 1. The van der Waals surface area contributed by atoms with Gasteiger partial charge in [-0.15, -0.1) is 0 Å². The predicted octanol–water partition coefficient (Wildman–Crippen LogP) is 2.44. The van der Waals surface area contributed by atoms with Gasteiger partial charge in [-0.05, 0) is 43.9 Å². The molecule has 1 aliphatic carbocycles. The van der Waals surface area contributed by atoms with Crippen molar-refractivity contribution in [3.8, 4) is 0 Å². The summed E-state index contributed by atoms with van der Waals surface area (Å²) >= 11 is 0. The van der Waals surface area contributed by atoms with Crippen LogP contribution < -0.4 is 11.1 Å². The molecular formula is C18H26N4O. The molecule has 1 aromatic carbocycles. The molecule has 1 fully saturated rings. The Bertz CT molecular complexity index is 679. The summed E-state index contributed by atoms with van der Waals surface area (Å²) in [6, 6.07) is 6.34. The maximum Gasteiger partial charge on any atom is 0.220 e. The summed E-state index contributed by atoms with van der Waals surface area (Å²) in [4.78, 5) is 20.1. The number of hydrogen-bond donors (Lipinski definition) is 3. The highest BCUT2D eigenvalue weighted by Gasteiger charge is 2.25. The highest BCUT2D eigenvalue weighted by molar-refractivity contribution is 5.79. The van der Waals surface area contributed by atoms with Crippen LogP contribution in [0, 0.1) is 12.8 Å². The van der Waals surface area contributed by atoms with E-state index in [0.29, 0.717) is 25.3 Å². The Morgan fingerprint density at radius 2 is 2.22 bits per heavy atom. The van der Waals surface area contributed by atoms with Crippen molar-refractivity contribution >= 4 is 16.9 Å². The lowest BCUT2D eigenvalue weighted by atomic mass is 9.84. The highest BCUT2D eigenvalue weighted by atomic mass is 16.1. The summed E-state index contributed by atoms with van der Waals surface area (Å²) in [6.45, 7) is 2.71. The van der Waals surface area contributed by atoms with E-state index >= 15 is 0 Å².